The van der Waals surface area contributed by atoms with Crippen LogP contribution in [0.2, 0.25) is 0 Å². The predicted molar refractivity (Wildman–Crippen MR) is 80.0 cm³/mol. The van der Waals surface area contributed by atoms with Crippen LogP contribution in [0.5, 0.6) is 5.75 Å². The second kappa shape index (κ2) is 6.02. The Morgan fingerprint density at radius 3 is 2.89 bits per heavy atom. The Kier molecular flexibility index (Phi) is 4.38. The Hall–Kier alpha value is -1.33. The molecule has 0 aliphatic rings. The van der Waals surface area contributed by atoms with Crippen molar-refractivity contribution in [3.05, 3.63) is 52.8 Å². The first-order valence-corrected chi connectivity index (χ1v) is 6.70. The van der Waals surface area contributed by atoms with E-state index in [1.165, 1.54) is 0 Å². The van der Waals surface area contributed by atoms with Gasteiger partial charge in [0.15, 0.2) is 0 Å². The first-order chi connectivity index (χ1) is 8.66. The highest BCUT2D eigenvalue weighted by molar-refractivity contribution is 9.10. The first-order valence-electron chi connectivity index (χ1n) is 5.50. The van der Waals surface area contributed by atoms with Crippen LogP contribution in [0.1, 0.15) is 5.69 Å². The zero-order valence-electron chi connectivity index (χ0n) is 9.67. The summed E-state index contributed by atoms with van der Waals surface area (Å²) >= 11 is 8.38. The van der Waals surface area contributed by atoms with Crippen molar-refractivity contribution in [1.82, 2.24) is 4.57 Å². The summed E-state index contributed by atoms with van der Waals surface area (Å²) in [7, 11) is 0. The molecule has 0 unspecified atom stereocenters. The molecule has 2 aromatic rings. The average Bonchev–Trinajstić information content (AvgIpc) is 2.77. The lowest BCUT2D eigenvalue weighted by Gasteiger charge is -2.10. The van der Waals surface area contributed by atoms with E-state index in [2.05, 4.69) is 15.9 Å². The van der Waals surface area contributed by atoms with Crippen LogP contribution in [-0.2, 0) is 6.54 Å². The highest BCUT2D eigenvalue weighted by Crippen LogP contribution is 2.17. The van der Waals surface area contributed by atoms with E-state index in [1.807, 2.05) is 47.2 Å². The molecular formula is C13H13BrN2OS. The lowest BCUT2D eigenvalue weighted by Crippen LogP contribution is -2.17. The molecule has 0 fully saturated rings. The highest BCUT2D eigenvalue weighted by atomic mass is 79.9. The fourth-order valence-corrected chi connectivity index (χ4v) is 2.21. The van der Waals surface area contributed by atoms with Crippen molar-refractivity contribution in [2.24, 2.45) is 5.73 Å². The molecule has 0 atom stereocenters. The number of rotatable bonds is 5. The maximum Gasteiger partial charge on any atom is 0.120 e. The van der Waals surface area contributed by atoms with Gasteiger partial charge in [-0.05, 0) is 30.3 Å². The van der Waals surface area contributed by atoms with Gasteiger partial charge in [-0.15, -0.1) is 0 Å². The van der Waals surface area contributed by atoms with Crippen LogP contribution in [0.25, 0.3) is 0 Å². The molecule has 0 bridgehead atoms. The quantitative estimate of drug-likeness (QED) is 0.859. The Balaban J connectivity index is 1.92. The SMILES string of the molecule is NC(=S)c1cccn1CCOc1cccc(Br)c1. The lowest BCUT2D eigenvalue weighted by molar-refractivity contribution is 0.298. The number of benzene rings is 1. The number of nitrogens with two attached hydrogens (primary N) is 1. The van der Waals surface area contributed by atoms with Crippen LogP contribution in [0.3, 0.4) is 0 Å². The molecule has 0 amide bonds. The molecule has 0 saturated heterocycles. The minimum absolute atomic E-state index is 0.405. The van der Waals surface area contributed by atoms with Crippen LogP contribution < -0.4 is 10.5 Å². The minimum Gasteiger partial charge on any atom is -0.492 e. The molecule has 1 aromatic carbocycles. The Morgan fingerprint density at radius 1 is 1.33 bits per heavy atom. The molecule has 0 saturated carbocycles. The van der Waals surface area contributed by atoms with Crippen LogP contribution in [0.15, 0.2) is 47.1 Å². The van der Waals surface area contributed by atoms with Crippen molar-refractivity contribution in [1.29, 1.82) is 0 Å². The summed E-state index contributed by atoms with van der Waals surface area (Å²) < 4.78 is 8.65. The molecule has 18 heavy (non-hydrogen) atoms. The van der Waals surface area contributed by atoms with Gasteiger partial charge < -0.3 is 15.0 Å². The van der Waals surface area contributed by atoms with Crippen molar-refractivity contribution < 1.29 is 4.74 Å². The van der Waals surface area contributed by atoms with E-state index in [1.54, 1.807) is 0 Å². The van der Waals surface area contributed by atoms with E-state index in [0.29, 0.717) is 18.1 Å². The largest absolute Gasteiger partial charge is 0.492 e. The number of ether oxygens (including phenoxy) is 1. The summed E-state index contributed by atoms with van der Waals surface area (Å²) in [6.45, 7) is 1.28. The van der Waals surface area contributed by atoms with Crippen molar-refractivity contribution in [3.63, 3.8) is 0 Å². The maximum absolute atomic E-state index is 5.66. The summed E-state index contributed by atoms with van der Waals surface area (Å²) in [6, 6.07) is 11.6. The third-order valence-corrected chi connectivity index (χ3v) is 3.18. The zero-order valence-corrected chi connectivity index (χ0v) is 12.1. The third kappa shape index (κ3) is 3.34. The fourth-order valence-electron chi connectivity index (χ4n) is 1.65. The molecule has 2 N–H and O–H groups in total. The van der Waals surface area contributed by atoms with E-state index in [9.17, 15) is 0 Å². The van der Waals surface area contributed by atoms with Crippen molar-refractivity contribution in [3.8, 4) is 5.75 Å². The standard InChI is InChI=1S/C13H13BrN2OS/c14-10-3-1-4-11(9-10)17-8-7-16-6-2-5-12(16)13(15)18/h1-6,9H,7-8H2,(H2,15,18). The lowest BCUT2D eigenvalue weighted by atomic mass is 10.3. The van der Waals surface area contributed by atoms with Gasteiger partial charge in [0.25, 0.3) is 0 Å². The van der Waals surface area contributed by atoms with Crippen LogP contribution in [0.4, 0.5) is 0 Å². The molecule has 0 radical (unpaired) electrons. The number of halogens is 1. The Labute approximate surface area is 120 Å². The van der Waals surface area contributed by atoms with Crippen LogP contribution in [0, 0.1) is 0 Å². The Morgan fingerprint density at radius 2 is 2.17 bits per heavy atom. The molecule has 1 aromatic heterocycles. The van der Waals surface area contributed by atoms with Gasteiger partial charge in [-0.25, -0.2) is 0 Å². The molecule has 2 rings (SSSR count). The number of nitrogens with zero attached hydrogens (tertiary/aromatic N) is 1. The van der Waals surface area contributed by atoms with E-state index in [0.717, 1.165) is 15.9 Å². The summed E-state index contributed by atoms with van der Waals surface area (Å²) in [6.07, 6.45) is 1.94. The number of aromatic nitrogens is 1. The van der Waals surface area contributed by atoms with Gasteiger partial charge >= 0.3 is 0 Å². The second-order valence-electron chi connectivity index (χ2n) is 3.76. The predicted octanol–water partition coefficient (Wildman–Crippen LogP) is 2.96. The Bertz CT molecular complexity index is 553. The molecule has 0 aliphatic carbocycles. The molecule has 5 heteroatoms. The maximum atomic E-state index is 5.66. The van der Waals surface area contributed by atoms with Gasteiger partial charge in [0, 0.05) is 10.7 Å². The molecule has 0 spiro atoms. The van der Waals surface area contributed by atoms with Crippen LogP contribution >= 0.6 is 28.1 Å². The van der Waals surface area contributed by atoms with Gasteiger partial charge in [-0.1, -0.05) is 34.2 Å². The van der Waals surface area contributed by atoms with Gasteiger partial charge in [0.1, 0.15) is 17.3 Å². The number of hydrogen-bond donors (Lipinski definition) is 1. The highest BCUT2D eigenvalue weighted by Gasteiger charge is 2.03. The molecule has 1 heterocycles. The van der Waals surface area contributed by atoms with Gasteiger partial charge in [0.05, 0.1) is 12.2 Å². The van der Waals surface area contributed by atoms with E-state index < -0.39 is 0 Å². The van der Waals surface area contributed by atoms with Crippen molar-refractivity contribution >= 4 is 33.1 Å². The van der Waals surface area contributed by atoms with E-state index in [4.69, 9.17) is 22.7 Å². The van der Waals surface area contributed by atoms with E-state index >= 15 is 0 Å². The third-order valence-electron chi connectivity index (χ3n) is 2.48. The summed E-state index contributed by atoms with van der Waals surface area (Å²) in [5.74, 6) is 0.841. The van der Waals surface area contributed by atoms with Gasteiger partial charge in [-0.2, -0.15) is 0 Å². The topological polar surface area (TPSA) is 40.2 Å². The molecule has 3 nitrogen and oxygen atoms in total. The summed E-state index contributed by atoms with van der Waals surface area (Å²) in [5, 5.41) is 0. The monoisotopic (exact) mass is 324 g/mol. The zero-order chi connectivity index (χ0) is 13.0. The number of thiocarbonyl (C=S) groups is 1. The average molecular weight is 325 g/mol. The van der Waals surface area contributed by atoms with Crippen LogP contribution in [-0.4, -0.2) is 16.2 Å². The van der Waals surface area contributed by atoms with Gasteiger partial charge in [0.2, 0.25) is 0 Å². The van der Waals surface area contributed by atoms with Gasteiger partial charge in [-0.3, -0.25) is 0 Å². The second-order valence-corrected chi connectivity index (χ2v) is 5.11. The fraction of sp³-hybridized carbons (Fsp3) is 0.154. The molecule has 94 valence electrons. The van der Waals surface area contributed by atoms with Crippen molar-refractivity contribution in [2.45, 2.75) is 6.54 Å². The number of hydrogen-bond acceptors (Lipinski definition) is 2. The minimum atomic E-state index is 0.405. The summed E-state index contributed by atoms with van der Waals surface area (Å²) in [4.78, 5) is 0.405. The van der Waals surface area contributed by atoms with E-state index in [-0.39, 0.29) is 0 Å². The summed E-state index contributed by atoms with van der Waals surface area (Å²) in [5.41, 5.74) is 6.49. The first kappa shape index (κ1) is 13.1. The van der Waals surface area contributed by atoms with Crippen molar-refractivity contribution in [2.75, 3.05) is 6.61 Å². The molecule has 0 aliphatic heterocycles. The smallest absolute Gasteiger partial charge is 0.120 e. The normalized spacial score (nSPS) is 10.3. The molecular weight excluding hydrogens is 312 g/mol.